The van der Waals surface area contributed by atoms with Gasteiger partial charge in [-0.1, -0.05) is 43.6 Å². The van der Waals surface area contributed by atoms with Gasteiger partial charge in [0.05, 0.1) is 10.4 Å². The number of nitrogens with zero attached hydrogens (tertiary/aromatic N) is 2. The van der Waals surface area contributed by atoms with Crippen molar-refractivity contribution in [1.82, 2.24) is 4.98 Å². The molecule has 0 radical (unpaired) electrons. The molecular formula is C13H21BrN2OS. The summed E-state index contributed by atoms with van der Waals surface area (Å²) in [6.07, 6.45) is 1.80. The fourth-order valence-electron chi connectivity index (χ4n) is 1.58. The molecule has 5 heteroatoms. The largest absolute Gasteiger partial charge is 0.334 e. The summed E-state index contributed by atoms with van der Waals surface area (Å²) in [6.45, 7) is 10.8. The highest BCUT2D eigenvalue weighted by Gasteiger charge is 2.37. The molecule has 1 rings (SSSR count). The molecule has 1 atom stereocenters. The van der Waals surface area contributed by atoms with Crippen molar-refractivity contribution in [2.75, 3.05) is 11.4 Å². The van der Waals surface area contributed by atoms with Gasteiger partial charge in [0.2, 0.25) is 0 Å². The van der Waals surface area contributed by atoms with E-state index in [1.807, 2.05) is 19.2 Å². The molecule has 102 valence electrons. The molecule has 0 bridgehead atoms. The van der Waals surface area contributed by atoms with Gasteiger partial charge >= 0.3 is 0 Å². The van der Waals surface area contributed by atoms with Crippen molar-refractivity contribution in [3.05, 3.63) is 11.6 Å². The quantitative estimate of drug-likeness (QED) is 0.584. The van der Waals surface area contributed by atoms with Crippen molar-refractivity contribution in [3.8, 4) is 0 Å². The van der Waals surface area contributed by atoms with Crippen LogP contribution in [0, 0.1) is 11.3 Å². The summed E-state index contributed by atoms with van der Waals surface area (Å²) >= 11 is 5.29. The van der Waals surface area contributed by atoms with Crippen LogP contribution < -0.4 is 4.90 Å². The molecule has 0 saturated carbocycles. The molecule has 0 fully saturated rings. The number of Topliss-reactive ketones (excluding diaryl/α,β-unsaturated/α-hetero) is 1. The van der Waals surface area contributed by atoms with Gasteiger partial charge in [0.1, 0.15) is 5.78 Å². The maximum atomic E-state index is 11.8. The third-order valence-corrected chi connectivity index (χ3v) is 5.45. The Bertz CT molecular complexity index is 390. The van der Waals surface area contributed by atoms with Crippen LogP contribution in [0.4, 0.5) is 5.13 Å². The Labute approximate surface area is 122 Å². The van der Waals surface area contributed by atoms with Crippen LogP contribution in [0.25, 0.3) is 0 Å². The van der Waals surface area contributed by atoms with Crippen LogP contribution in [-0.2, 0) is 4.79 Å². The number of carbonyl (C=O) groups is 1. The third kappa shape index (κ3) is 3.54. The van der Waals surface area contributed by atoms with Crippen molar-refractivity contribution in [2.24, 2.45) is 11.3 Å². The van der Waals surface area contributed by atoms with Gasteiger partial charge in [0.25, 0.3) is 0 Å². The molecule has 18 heavy (non-hydrogen) atoms. The first-order valence-corrected chi connectivity index (χ1v) is 7.87. The average Bonchev–Trinajstić information content (AvgIpc) is 2.77. The van der Waals surface area contributed by atoms with Crippen molar-refractivity contribution in [2.45, 2.75) is 39.6 Å². The Morgan fingerprint density at radius 3 is 2.56 bits per heavy atom. The van der Waals surface area contributed by atoms with Gasteiger partial charge < -0.3 is 4.90 Å². The van der Waals surface area contributed by atoms with E-state index in [9.17, 15) is 4.79 Å². The van der Waals surface area contributed by atoms with Gasteiger partial charge in [-0.3, -0.25) is 4.79 Å². The Balaban J connectivity index is 3.00. The van der Waals surface area contributed by atoms with E-state index in [0.717, 1.165) is 11.7 Å². The molecule has 1 aromatic heterocycles. The van der Waals surface area contributed by atoms with Crippen molar-refractivity contribution in [3.63, 3.8) is 0 Å². The van der Waals surface area contributed by atoms with Crippen LogP contribution in [0.1, 0.15) is 34.6 Å². The van der Waals surface area contributed by atoms with E-state index in [0.29, 0.717) is 5.92 Å². The molecule has 3 nitrogen and oxygen atoms in total. The molecule has 1 aromatic rings. The van der Waals surface area contributed by atoms with E-state index < -0.39 is 5.41 Å². The monoisotopic (exact) mass is 332 g/mol. The predicted octanol–water partition coefficient (Wildman–Crippen LogP) is 3.94. The molecule has 0 aliphatic heterocycles. The summed E-state index contributed by atoms with van der Waals surface area (Å²) in [6, 6.07) is 0. The molecule has 1 heterocycles. The number of carbonyl (C=O) groups excluding carboxylic acids is 1. The molecule has 0 saturated heterocycles. The fraction of sp³-hybridized carbons (Fsp3) is 0.692. The highest BCUT2D eigenvalue weighted by atomic mass is 79.9. The minimum atomic E-state index is -0.444. The second-order valence-corrected chi connectivity index (χ2v) is 7.21. The van der Waals surface area contributed by atoms with Crippen LogP contribution in [0.2, 0.25) is 0 Å². The average molecular weight is 333 g/mol. The number of hydrogen-bond donors (Lipinski definition) is 0. The van der Waals surface area contributed by atoms with Crippen LogP contribution in [0.5, 0.6) is 0 Å². The van der Waals surface area contributed by atoms with E-state index >= 15 is 0 Å². The Morgan fingerprint density at radius 2 is 2.17 bits per heavy atom. The maximum absolute atomic E-state index is 11.8. The topological polar surface area (TPSA) is 33.2 Å². The molecule has 0 aliphatic rings. The first kappa shape index (κ1) is 15.6. The lowest BCUT2D eigenvalue weighted by Crippen LogP contribution is -2.46. The number of hydrogen-bond acceptors (Lipinski definition) is 4. The first-order valence-electron chi connectivity index (χ1n) is 6.08. The summed E-state index contributed by atoms with van der Waals surface area (Å²) in [5.74, 6) is 0.686. The second-order valence-electron chi connectivity index (χ2n) is 5.47. The normalized spacial score (nSPS) is 13.7. The summed E-state index contributed by atoms with van der Waals surface area (Å²) in [7, 11) is 0. The van der Waals surface area contributed by atoms with E-state index in [2.05, 4.69) is 39.7 Å². The summed E-state index contributed by atoms with van der Waals surface area (Å²) < 4.78 is 0. The number of thiazole rings is 1. The number of rotatable bonds is 6. The molecule has 0 spiro atoms. The van der Waals surface area contributed by atoms with E-state index in [-0.39, 0.29) is 10.7 Å². The van der Waals surface area contributed by atoms with Gasteiger partial charge in [0.15, 0.2) is 5.13 Å². The van der Waals surface area contributed by atoms with Crippen LogP contribution >= 0.6 is 27.3 Å². The van der Waals surface area contributed by atoms with Crippen molar-refractivity contribution < 1.29 is 4.79 Å². The lowest BCUT2D eigenvalue weighted by Gasteiger charge is -2.37. The highest BCUT2D eigenvalue weighted by molar-refractivity contribution is 9.09. The zero-order valence-electron chi connectivity index (χ0n) is 11.6. The smallest absolute Gasteiger partial charge is 0.186 e. The minimum absolute atomic E-state index is 0.0453. The molecule has 1 unspecified atom stereocenters. The number of halogens is 1. The van der Waals surface area contributed by atoms with Gasteiger partial charge in [-0.05, 0) is 12.8 Å². The lowest BCUT2D eigenvalue weighted by molar-refractivity contribution is -0.124. The lowest BCUT2D eigenvalue weighted by atomic mass is 9.88. The van der Waals surface area contributed by atoms with E-state index in [1.165, 1.54) is 0 Å². The van der Waals surface area contributed by atoms with Crippen LogP contribution in [0.15, 0.2) is 11.6 Å². The SMILES string of the molecule is CC(=O)C(C)(C)C(Br)N(CC(C)C)c1nccs1. The maximum Gasteiger partial charge on any atom is 0.186 e. The van der Waals surface area contributed by atoms with Gasteiger partial charge in [-0.15, -0.1) is 11.3 Å². The third-order valence-electron chi connectivity index (χ3n) is 3.00. The van der Waals surface area contributed by atoms with Gasteiger partial charge in [0, 0.05) is 18.1 Å². The summed E-state index contributed by atoms with van der Waals surface area (Å²) in [4.78, 5) is 18.3. The van der Waals surface area contributed by atoms with Crippen molar-refractivity contribution >= 4 is 38.2 Å². The number of alkyl halides is 1. The number of aromatic nitrogens is 1. The highest BCUT2D eigenvalue weighted by Crippen LogP contribution is 2.35. The standard InChI is InChI=1S/C13H21BrN2OS/c1-9(2)8-16(12-15-6-7-18-12)11(14)13(4,5)10(3)17/h6-7,9,11H,8H2,1-5H3. The first-order chi connectivity index (χ1) is 8.26. The molecule has 0 aromatic carbocycles. The summed E-state index contributed by atoms with van der Waals surface area (Å²) in [5.41, 5.74) is -0.444. The fourth-order valence-corrected chi connectivity index (χ4v) is 3.08. The van der Waals surface area contributed by atoms with Gasteiger partial charge in [-0.25, -0.2) is 4.98 Å². The predicted molar refractivity (Wildman–Crippen MR) is 81.5 cm³/mol. The molecule has 0 amide bonds. The number of anilines is 1. The van der Waals surface area contributed by atoms with Crippen LogP contribution in [-0.4, -0.2) is 22.3 Å². The Morgan fingerprint density at radius 1 is 1.56 bits per heavy atom. The molecular weight excluding hydrogens is 312 g/mol. The Hall–Kier alpha value is -0.420. The Kier molecular flexibility index (Phi) is 5.34. The minimum Gasteiger partial charge on any atom is -0.334 e. The summed E-state index contributed by atoms with van der Waals surface area (Å²) in [5, 5.41) is 2.92. The van der Waals surface area contributed by atoms with E-state index in [1.54, 1.807) is 24.5 Å². The van der Waals surface area contributed by atoms with E-state index in [4.69, 9.17) is 0 Å². The number of ketones is 1. The molecule has 0 aliphatic carbocycles. The zero-order chi connectivity index (χ0) is 13.9. The molecule has 0 N–H and O–H groups in total. The van der Waals surface area contributed by atoms with Crippen molar-refractivity contribution in [1.29, 1.82) is 0 Å². The van der Waals surface area contributed by atoms with Gasteiger partial charge in [-0.2, -0.15) is 0 Å². The zero-order valence-corrected chi connectivity index (χ0v) is 14.0. The van der Waals surface area contributed by atoms with Crippen LogP contribution in [0.3, 0.4) is 0 Å². The second kappa shape index (κ2) is 6.15.